The van der Waals surface area contributed by atoms with Crippen LogP contribution in [0.1, 0.15) is 29.8 Å². The van der Waals surface area contributed by atoms with E-state index in [1.807, 2.05) is 25.1 Å². The standard InChI is InChI=1S/C27H21ClN4O4/c1-3-15-4-11-22-20(12-15)23-24(36-22)27(35)32-25(31-23)19-13-18(9-10-21(19)28)30-26(34)16-5-7-17(8-6-16)29-14(2)33/h4-13H,3H2,1-2H3,(H,29,33)(H,30,34)(H,31,32,35). The van der Waals surface area contributed by atoms with Crippen molar-refractivity contribution in [2.45, 2.75) is 20.3 Å². The second-order valence-electron chi connectivity index (χ2n) is 8.29. The molecule has 0 radical (unpaired) electrons. The van der Waals surface area contributed by atoms with Crippen LogP contribution in [0.3, 0.4) is 0 Å². The van der Waals surface area contributed by atoms with Crippen molar-refractivity contribution in [1.82, 2.24) is 9.97 Å². The molecule has 0 bridgehead atoms. The minimum absolute atomic E-state index is 0.144. The Morgan fingerprint density at radius 3 is 2.47 bits per heavy atom. The number of hydrogen-bond donors (Lipinski definition) is 3. The van der Waals surface area contributed by atoms with E-state index in [-0.39, 0.29) is 23.2 Å². The largest absolute Gasteiger partial charge is 0.449 e. The van der Waals surface area contributed by atoms with Crippen molar-refractivity contribution in [2.24, 2.45) is 0 Å². The molecule has 5 aromatic rings. The molecular weight excluding hydrogens is 480 g/mol. The first-order valence-corrected chi connectivity index (χ1v) is 11.6. The third-order valence-electron chi connectivity index (χ3n) is 5.74. The highest BCUT2D eigenvalue weighted by Crippen LogP contribution is 2.31. The van der Waals surface area contributed by atoms with E-state index in [4.69, 9.17) is 16.0 Å². The molecule has 9 heteroatoms. The van der Waals surface area contributed by atoms with Gasteiger partial charge < -0.3 is 20.0 Å². The lowest BCUT2D eigenvalue weighted by molar-refractivity contribution is -0.114. The van der Waals surface area contributed by atoms with Crippen LogP contribution in [0, 0.1) is 0 Å². The van der Waals surface area contributed by atoms with Crippen LogP contribution in [0.4, 0.5) is 11.4 Å². The average Bonchev–Trinajstić information content (AvgIpc) is 3.23. The van der Waals surface area contributed by atoms with E-state index in [0.717, 1.165) is 17.4 Å². The Balaban J connectivity index is 1.49. The second-order valence-corrected chi connectivity index (χ2v) is 8.69. The first-order chi connectivity index (χ1) is 17.3. The summed E-state index contributed by atoms with van der Waals surface area (Å²) in [5, 5.41) is 6.59. The van der Waals surface area contributed by atoms with Crippen molar-refractivity contribution < 1.29 is 14.0 Å². The maximum atomic E-state index is 12.8. The van der Waals surface area contributed by atoms with Gasteiger partial charge in [-0.25, -0.2) is 4.98 Å². The molecule has 3 N–H and O–H groups in total. The molecule has 3 aromatic carbocycles. The van der Waals surface area contributed by atoms with Gasteiger partial charge in [-0.3, -0.25) is 14.4 Å². The highest BCUT2D eigenvalue weighted by atomic mass is 35.5. The summed E-state index contributed by atoms with van der Waals surface area (Å²) in [5.41, 5.74) is 3.77. The average molecular weight is 501 g/mol. The zero-order chi connectivity index (χ0) is 25.4. The molecule has 5 rings (SSSR count). The van der Waals surface area contributed by atoms with Crippen LogP contribution in [-0.4, -0.2) is 21.8 Å². The molecule has 2 heterocycles. The number of aromatic amines is 1. The number of amides is 2. The van der Waals surface area contributed by atoms with Crippen LogP contribution < -0.4 is 16.2 Å². The van der Waals surface area contributed by atoms with E-state index >= 15 is 0 Å². The van der Waals surface area contributed by atoms with E-state index < -0.39 is 5.56 Å². The number of hydrogen-bond acceptors (Lipinski definition) is 5. The molecule has 2 aromatic heterocycles. The van der Waals surface area contributed by atoms with Crippen LogP contribution in [0.2, 0.25) is 5.02 Å². The van der Waals surface area contributed by atoms with Gasteiger partial charge in [-0.05, 0) is 66.6 Å². The minimum atomic E-state index is -0.422. The lowest BCUT2D eigenvalue weighted by atomic mass is 10.1. The first kappa shape index (κ1) is 23.3. The molecule has 0 fully saturated rings. The number of nitrogens with zero attached hydrogens (tertiary/aromatic N) is 1. The molecule has 0 atom stereocenters. The second kappa shape index (κ2) is 9.31. The summed E-state index contributed by atoms with van der Waals surface area (Å²) in [5.74, 6) is -0.278. The molecule has 0 spiro atoms. The summed E-state index contributed by atoms with van der Waals surface area (Å²) in [6.45, 7) is 3.46. The smallest absolute Gasteiger partial charge is 0.294 e. The summed E-state index contributed by atoms with van der Waals surface area (Å²) in [6, 6.07) is 17.2. The van der Waals surface area contributed by atoms with Crippen LogP contribution in [-0.2, 0) is 11.2 Å². The number of fused-ring (bicyclic) bond motifs is 3. The summed E-state index contributed by atoms with van der Waals surface area (Å²) < 4.78 is 5.74. The van der Waals surface area contributed by atoms with E-state index in [9.17, 15) is 14.4 Å². The van der Waals surface area contributed by atoms with Gasteiger partial charge in [0.2, 0.25) is 11.5 Å². The van der Waals surface area contributed by atoms with E-state index in [1.54, 1.807) is 42.5 Å². The Morgan fingerprint density at radius 2 is 1.75 bits per heavy atom. The molecule has 0 aliphatic heterocycles. The van der Waals surface area contributed by atoms with Gasteiger partial charge in [-0.2, -0.15) is 0 Å². The number of rotatable bonds is 5. The van der Waals surface area contributed by atoms with Gasteiger partial charge in [0, 0.05) is 34.8 Å². The third-order valence-corrected chi connectivity index (χ3v) is 6.07. The molecule has 0 aliphatic rings. The predicted molar refractivity (Wildman–Crippen MR) is 141 cm³/mol. The van der Waals surface area contributed by atoms with Crippen LogP contribution >= 0.6 is 11.6 Å². The summed E-state index contributed by atoms with van der Waals surface area (Å²) >= 11 is 6.45. The minimum Gasteiger partial charge on any atom is -0.449 e. The molecule has 2 amide bonds. The fourth-order valence-electron chi connectivity index (χ4n) is 3.94. The van der Waals surface area contributed by atoms with Crippen molar-refractivity contribution in [2.75, 3.05) is 10.6 Å². The van der Waals surface area contributed by atoms with Gasteiger partial charge in [0.1, 0.15) is 16.9 Å². The summed E-state index contributed by atoms with van der Waals surface area (Å²) in [4.78, 5) is 44.2. The Hall–Kier alpha value is -4.43. The molecule has 8 nitrogen and oxygen atoms in total. The number of furan rings is 1. The lowest BCUT2D eigenvalue weighted by Crippen LogP contribution is -2.13. The number of benzene rings is 3. The molecular formula is C27H21ClN4O4. The van der Waals surface area contributed by atoms with Crippen molar-refractivity contribution in [3.8, 4) is 11.4 Å². The molecule has 0 saturated heterocycles. The Bertz CT molecular complexity index is 1700. The molecule has 0 saturated carbocycles. The number of aryl methyl sites for hydroxylation is 1. The zero-order valence-electron chi connectivity index (χ0n) is 19.4. The maximum absolute atomic E-state index is 12.8. The fraction of sp³-hybridized carbons (Fsp3) is 0.111. The quantitative estimate of drug-likeness (QED) is 0.283. The fourth-order valence-corrected chi connectivity index (χ4v) is 4.15. The van der Waals surface area contributed by atoms with Crippen molar-refractivity contribution in [3.05, 3.63) is 87.2 Å². The highest BCUT2D eigenvalue weighted by Gasteiger charge is 2.17. The van der Waals surface area contributed by atoms with Gasteiger partial charge in [0.05, 0.1) is 5.02 Å². The van der Waals surface area contributed by atoms with Gasteiger partial charge in [-0.15, -0.1) is 0 Å². The van der Waals surface area contributed by atoms with Gasteiger partial charge in [-0.1, -0.05) is 24.6 Å². The van der Waals surface area contributed by atoms with Crippen LogP contribution in [0.5, 0.6) is 0 Å². The van der Waals surface area contributed by atoms with E-state index in [2.05, 4.69) is 20.6 Å². The number of anilines is 2. The molecule has 180 valence electrons. The Morgan fingerprint density at radius 1 is 1.00 bits per heavy atom. The van der Waals surface area contributed by atoms with Gasteiger partial charge >= 0.3 is 0 Å². The van der Waals surface area contributed by atoms with Crippen molar-refractivity contribution in [1.29, 1.82) is 0 Å². The Labute approximate surface area is 210 Å². The lowest BCUT2D eigenvalue weighted by Gasteiger charge is -2.10. The number of carbonyl (C=O) groups is 2. The molecule has 0 aliphatic carbocycles. The summed E-state index contributed by atoms with van der Waals surface area (Å²) in [6.07, 6.45) is 0.836. The topological polar surface area (TPSA) is 117 Å². The number of aromatic nitrogens is 2. The van der Waals surface area contributed by atoms with Crippen LogP contribution in [0.15, 0.2) is 69.9 Å². The van der Waals surface area contributed by atoms with Crippen molar-refractivity contribution >= 4 is 56.9 Å². The first-order valence-electron chi connectivity index (χ1n) is 11.3. The van der Waals surface area contributed by atoms with Crippen molar-refractivity contribution in [3.63, 3.8) is 0 Å². The van der Waals surface area contributed by atoms with E-state index in [1.165, 1.54) is 6.92 Å². The van der Waals surface area contributed by atoms with Gasteiger partial charge in [0.15, 0.2) is 0 Å². The SMILES string of the molecule is CCc1ccc2oc3c(=O)[nH]c(-c4cc(NC(=O)c5ccc(NC(C)=O)cc5)ccc4Cl)nc3c2c1. The summed E-state index contributed by atoms with van der Waals surface area (Å²) in [7, 11) is 0. The normalized spacial score (nSPS) is 11.1. The van der Waals surface area contributed by atoms with Crippen LogP contribution in [0.25, 0.3) is 33.5 Å². The Kier molecular flexibility index (Phi) is 6.03. The number of halogens is 1. The zero-order valence-corrected chi connectivity index (χ0v) is 20.2. The highest BCUT2D eigenvalue weighted by molar-refractivity contribution is 6.33. The monoisotopic (exact) mass is 500 g/mol. The maximum Gasteiger partial charge on any atom is 0.294 e. The van der Waals surface area contributed by atoms with Gasteiger partial charge in [0.25, 0.3) is 11.5 Å². The molecule has 36 heavy (non-hydrogen) atoms. The number of nitrogens with one attached hydrogen (secondary N) is 3. The third kappa shape index (κ3) is 4.46. The molecule has 0 unspecified atom stereocenters. The number of carbonyl (C=O) groups excluding carboxylic acids is 2. The predicted octanol–water partition coefficient (Wildman–Crippen LogP) is 5.76. The number of H-pyrrole nitrogens is 1. The van der Waals surface area contributed by atoms with E-state index in [0.29, 0.717) is 38.6 Å².